The van der Waals surface area contributed by atoms with E-state index in [0.717, 1.165) is 36.8 Å². The van der Waals surface area contributed by atoms with Gasteiger partial charge in [0.25, 0.3) is 0 Å². The molecule has 1 aromatic carbocycles. The van der Waals surface area contributed by atoms with Crippen molar-refractivity contribution in [3.63, 3.8) is 0 Å². The van der Waals surface area contributed by atoms with Crippen molar-refractivity contribution in [1.29, 1.82) is 0 Å². The molecule has 0 aliphatic heterocycles. The number of hydrogen-bond acceptors (Lipinski definition) is 7. The first kappa shape index (κ1) is 16.0. The third-order valence-corrected chi connectivity index (χ3v) is 4.57. The maximum absolute atomic E-state index is 10.8. The van der Waals surface area contributed by atoms with E-state index >= 15 is 0 Å². The lowest BCUT2D eigenvalue weighted by atomic mass is 9.64. The van der Waals surface area contributed by atoms with Crippen LogP contribution >= 0.6 is 0 Å². The summed E-state index contributed by atoms with van der Waals surface area (Å²) in [5, 5.41) is 13.9. The minimum atomic E-state index is -0.596. The van der Waals surface area contributed by atoms with Crippen LogP contribution in [-0.2, 0) is 5.41 Å². The molecular weight excluding hydrogens is 310 g/mol. The van der Waals surface area contributed by atoms with E-state index in [1.165, 1.54) is 0 Å². The topological polar surface area (TPSA) is 116 Å². The third-order valence-electron chi connectivity index (χ3n) is 4.57. The minimum Gasteiger partial charge on any atom is -0.496 e. The smallest absolute Gasteiger partial charge is 0.329 e. The zero-order chi connectivity index (χ0) is 17.2. The molecule has 2 aromatic rings. The van der Waals surface area contributed by atoms with Crippen molar-refractivity contribution in [2.75, 3.05) is 24.7 Å². The van der Waals surface area contributed by atoms with Gasteiger partial charge in [0.05, 0.1) is 12.0 Å². The lowest BCUT2D eigenvalue weighted by molar-refractivity contribution is -0.384. The number of nitrogens with two attached hydrogens (primary N) is 1. The second kappa shape index (κ2) is 6.31. The van der Waals surface area contributed by atoms with Crippen LogP contribution in [0.1, 0.15) is 24.8 Å². The summed E-state index contributed by atoms with van der Waals surface area (Å²) in [5.74, 6) is 1.01. The summed E-state index contributed by atoms with van der Waals surface area (Å²) in [4.78, 5) is 18.1. The highest BCUT2D eigenvalue weighted by Crippen LogP contribution is 2.47. The fourth-order valence-electron chi connectivity index (χ4n) is 3.09. The van der Waals surface area contributed by atoms with Crippen molar-refractivity contribution in [2.24, 2.45) is 0 Å². The van der Waals surface area contributed by atoms with Gasteiger partial charge in [-0.15, -0.1) is 0 Å². The van der Waals surface area contributed by atoms with Crippen LogP contribution in [0.25, 0.3) is 0 Å². The molecular formula is C16H19N5O3. The molecule has 0 saturated heterocycles. The van der Waals surface area contributed by atoms with Crippen LogP contribution in [0.15, 0.2) is 30.5 Å². The highest BCUT2D eigenvalue weighted by atomic mass is 16.6. The van der Waals surface area contributed by atoms with E-state index < -0.39 is 4.92 Å². The molecule has 1 saturated carbocycles. The number of nitrogens with one attached hydrogen (secondary N) is 1. The van der Waals surface area contributed by atoms with Crippen molar-refractivity contribution in [2.45, 2.75) is 24.7 Å². The number of nitrogen functional groups attached to an aromatic ring is 1. The summed E-state index contributed by atoms with van der Waals surface area (Å²) in [7, 11) is 1.67. The van der Waals surface area contributed by atoms with Crippen molar-refractivity contribution < 1.29 is 9.66 Å². The maximum atomic E-state index is 10.8. The molecule has 1 heterocycles. The molecule has 126 valence electrons. The zero-order valence-electron chi connectivity index (χ0n) is 13.4. The van der Waals surface area contributed by atoms with Gasteiger partial charge in [0, 0.05) is 17.5 Å². The second-order valence-corrected chi connectivity index (χ2v) is 5.91. The average molecular weight is 329 g/mol. The first-order valence-corrected chi connectivity index (χ1v) is 7.70. The first-order chi connectivity index (χ1) is 11.6. The fourth-order valence-corrected chi connectivity index (χ4v) is 3.09. The lowest BCUT2D eigenvalue weighted by Gasteiger charge is -2.43. The number of nitro groups is 1. The number of anilines is 2. The summed E-state index contributed by atoms with van der Waals surface area (Å²) in [6, 6.07) is 7.97. The molecule has 3 N–H and O–H groups in total. The molecule has 1 aliphatic rings. The molecule has 1 aliphatic carbocycles. The standard InChI is InChI=1S/C16H19N5O3/c1-24-13-6-3-2-5-11(13)16(7-4-8-16)10-19-15-18-9-12(21(22)23)14(17)20-15/h2-3,5-6,9H,4,7-8,10H2,1H3,(H3,17,18,19,20). The van der Waals surface area contributed by atoms with Crippen molar-refractivity contribution in [3.8, 4) is 5.75 Å². The Morgan fingerprint density at radius 3 is 2.75 bits per heavy atom. The Hall–Kier alpha value is -2.90. The molecule has 0 atom stereocenters. The zero-order valence-corrected chi connectivity index (χ0v) is 13.4. The molecule has 0 bridgehead atoms. The van der Waals surface area contributed by atoms with Gasteiger partial charge in [0.1, 0.15) is 11.9 Å². The number of methoxy groups -OCH3 is 1. The summed E-state index contributed by atoms with van der Waals surface area (Å²) >= 11 is 0. The summed E-state index contributed by atoms with van der Waals surface area (Å²) in [6.07, 6.45) is 4.33. The Labute approximate surface area is 139 Å². The van der Waals surface area contributed by atoms with Crippen LogP contribution in [0.2, 0.25) is 0 Å². The van der Waals surface area contributed by atoms with Crippen molar-refractivity contribution in [1.82, 2.24) is 9.97 Å². The molecule has 1 fully saturated rings. The SMILES string of the molecule is COc1ccccc1C1(CNc2ncc([N+](=O)[O-])c(N)n2)CCC1. The second-order valence-electron chi connectivity index (χ2n) is 5.91. The van der Waals surface area contributed by atoms with E-state index in [-0.39, 0.29) is 16.9 Å². The van der Waals surface area contributed by atoms with E-state index in [2.05, 4.69) is 21.4 Å². The molecule has 24 heavy (non-hydrogen) atoms. The largest absolute Gasteiger partial charge is 0.496 e. The number of para-hydroxylation sites is 1. The first-order valence-electron chi connectivity index (χ1n) is 7.70. The molecule has 0 amide bonds. The number of aromatic nitrogens is 2. The summed E-state index contributed by atoms with van der Waals surface area (Å²) in [6.45, 7) is 0.616. The van der Waals surface area contributed by atoms with Gasteiger partial charge in [-0.2, -0.15) is 4.98 Å². The Balaban J connectivity index is 1.79. The van der Waals surface area contributed by atoms with Gasteiger partial charge in [-0.05, 0) is 18.9 Å². The van der Waals surface area contributed by atoms with E-state index in [4.69, 9.17) is 10.5 Å². The number of rotatable bonds is 6. The molecule has 0 spiro atoms. The maximum Gasteiger partial charge on any atom is 0.329 e. The van der Waals surface area contributed by atoms with Crippen LogP contribution in [-0.4, -0.2) is 28.5 Å². The summed E-state index contributed by atoms with van der Waals surface area (Å²) in [5.41, 5.74) is 6.43. The molecule has 0 radical (unpaired) electrons. The molecule has 8 heteroatoms. The van der Waals surface area contributed by atoms with Gasteiger partial charge < -0.3 is 15.8 Å². The van der Waals surface area contributed by atoms with E-state index in [9.17, 15) is 10.1 Å². The van der Waals surface area contributed by atoms with E-state index in [1.54, 1.807) is 7.11 Å². The minimum absolute atomic E-state index is 0.0491. The van der Waals surface area contributed by atoms with Gasteiger partial charge in [-0.1, -0.05) is 24.6 Å². The van der Waals surface area contributed by atoms with Crippen molar-refractivity contribution in [3.05, 3.63) is 46.1 Å². The van der Waals surface area contributed by atoms with Gasteiger partial charge in [-0.3, -0.25) is 10.1 Å². The number of nitrogens with zero attached hydrogens (tertiary/aromatic N) is 3. The monoisotopic (exact) mass is 329 g/mol. The lowest BCUT2D eigenvalue weighted by Crippen LogP contribution is -2.41. The Kier molecular flexibility index (Phi) is 4.20. The summed E-state index contributed by atoms with van der Waals surface area (Å²) < 4.78 is 5.49. The Morgan fingerprint density at radius 2 is 2.17 bits per heavy atom. The number of ether oxygens (including phenoxy) is 1. The number of hydrogen-bond donors (Lipinski definition) is 2. The molecule has 3 rings (SSSR count). The van der Waals surface area contributed by atoms with Gasteiger partial charge in [0.15, 0.2) is 0 Å². The van der Waals surface area contributed by atoms with Crippen LogP contribution in [0.3, 0.4) is 0 Å². The van der Waals surface area contributed by atoms with Gasteiger partial charge in [-0.25, -0.2) is 4.98 Å². The Bertz CT molecular complexity index is 761. The predicted octanol–water partition coefficient (Wildman–Crippen LogP) is 2.51. The van der Waals surface area contributed by atoms with Gasteiger partial charge >= 0.3 is 5.69 Å². The molecule has 8 nitrogen and oxygen atoms in total. The van der Waals surface area contributed by atoms with Crippen LogP contribution < -0.4 is 15.8 Å². The number of benzene rings is 1. The fraction of sp³-hybridized carbons (Fsp3) is 0.375. The highest BCUT2D eigenvalue weighted by molar-refractivity contribution is 5.53. The van der Waals surface area contributed by atoms with Crippen LogP contribution in [0, 0.1) is 10.1 Å². The van der Waals surface area contributed by atoms with Crippen LogP contribution in [0.4, 0.5) is 17.5 Å². The van der Waals surface area contributed by atoms with Crippen LogP contribution in [0.5, 0.6) is 5.75 Å². The predicted molar refractivity (Wildman–Crippen MR) is 90.1 cm³/mol. The molecule has 0 unspecified atom stereocenters. The quantitative estimate of drug-likeness (QED) is 0.617. The van der Waals surface area contributed by atoms with E-state index in [0.29, 0.717) is 12.5 Å². The molecule has 1 aromatic heterocycles. The van der Waals surface area contributed by atoms with Gasteiger partial charge in [0.2, 0.25) is 11.8 Å². The Morgan fingerprint density at radius 1 is 1.42 bits per heavy atom. The van der Waals surface area contributed by atoms with E-state index in [1.807, 2.05) is 18.2 Å². The van der Waals surface area contributed by atoms with Crippen molar-refractivity contribution >= 4 is 17.5 Å². The normalized spacial score (nSPS) is 15.4. The average Bonchev–Trinajstić information content (AvgIpc) is 2.54. The highest BCUT2D eigenvalue weighted by Gasteiger charge is 2.40. The third kappa shape index (κ3) is 2.82.